The third kappa shape index (κ3) is 2.33. The van der Waals surface area contributed by atoms with Crippen molar-refractivity contribution in [3.63, 3.8) is 0 Å². The molecule has 19 heavy (non-hydrogen) atoms. The van der Waals surface area contributed by atoms with Gasteiger partial charge in [0.2, 0.25) is 0 Å². The van der Waals surface area contributed by atoms with Gasteiger partial charge in [-0.1, -0.05) is 11.6 Å². The maximum absolute atomic E-state index is 13.2. The number of anilines is 1. The van der Waals surface area contributed by atoms with Crippen LogP contribution in [0.1, 0.15) is 11.8 Å². The van der Waals surface area contributed by atoms with E-state index in [0.717, 1.165) is 6.20 Å². The molecular weight excluding hydrogens is 274 g/mol. The molecule has 1 unspecified atom stereocenters. The summed E-state index contributed by atoms with van der Waals surface area (Å²) >= 11 is 5.94. The van der Waals surface area contributed by atoms with Gasteiger partial charge in [0.15, 0.2) is 11.9 Å². The van der Waals surface area contributed by atoms with Gasteiger partial charge < -0.3 is 10.1 Å². The van der Waals surface area contributed by atoms with Crippen LogP contribution >= 0.6 is 11.6 Å². The zero-order valence-corrected chi connectivity index (χ0v) is 10.4. The van der Waals surface area contributed by atoms with Crippen LogP contribution in [0, 0.1) is 11.6 Å². The average molecular weight is 283 g/mol. The van der Waals surface area contributed by atoms with Crippen molar-refractivity contribution in [2.24, 2.45) is 0 Å². The lowest BCUT2D eigenvalue weighted by atomic mass is 10.1. The van der Waals surface area contributed by atoms with Crippen LogP contribution in [0.25, 0.3) is 0 Å². The summed E-state index contributed by atoms with van der Waals surface area (Å²) in [6, 6.07) is 5.36. The minimum Gasteiger partial charge on any atom is -0.479 e. The Kier molecular flexibility index (Phi) is 2.98. The molecule has 1 aliphatic rings. The lowest BCUT2D eigenvalue weighted by molar-refractivity contribution is 0.205. The summed E-state index contributed by atoms with van der Waals surface area (Å²) < 4.78 is 31.7. The van der Waals surface area contributed by atoms with E-state index in [-0.39, 0.29) is 5.02 Å². The van der Waals surface area contributed by atoms with Crippen molar-refractivity contribution in [3.8, 4) is 5.75 Å². The summed E-state index contributed by atoms with van der Waals surface area (Å²) in [5.74, 6) is -0.461. The number of rotatable bonds is 1. The van der Waals surface area contributed by atoms with Gasteiger partial charge in [-0.3, -0.25) is 4.98 Å². The summed E-state index contributed by atoms with van der Waals surface area (Å²) in [5.41, 5.74) is 1.09. The molecule has 0 aliphatic carbocycles. The molecule has 1 aliphatic heterocycles. The van der Waals surface area contributed by atoms with E-state index >= 15 is 0 Å². The predicted octanol–water partition coefficient (Wildman–Crippen LogP) is 3.56. The van der Waals surface area contributed by atoms with Crippen LogP contribution in [-0.4, -0.2) is 11.5 Å². The number of pyridine rings is 1. The predicted molar refractivity (Wildman–Crippen MR) is 67.5 cm³/mol. The molecule has 0 fully saturated rings. The van der Waals surface area contributed by atoms with Crippen LogP contribution < -0.4 is 10.1 Å². The van der Waals surface area contributed by atoms with Gasteiger partial charge in [-0.05, 0) is 18.2 Å². The molecule has 1 N–H and O–H groups in total. The van der Waals surface area contributed by atoms with E-state index in [9.17, 15) is 8.78 Å². The van der Waals surface area contributed by atoms with Gasteiger partial charge >= 0.3 is 0 Å². The lowest BCUT2D eigenvalue weighted by Crippen LogP contribution is -2.24. The summed E-state index contributed by atoms with van der Waals surface area (Å²) in [5, 5.41) is 3.21. The molecule has 0 saturated carbocycles. The summed E-state index contributed by atoms with van der Waals surface area (Å²) in [7, 11) is 0. The van der Waals surface area contributed by atoms with E-state index in [1.54, 1.807) is 6.07 Å². The van der Waals surface area contributed by atoms with Gasteiger partial charge in [-0.25, -0.2) is 8.78 Å². The number of hydrogen-bond acceptors (Lipinski definition) is 3. The number of nitrogens with one attached hydrogen (secondary N) is 1. The Morgan fingerprint density at radius 3 is 2.84 bits per heavy atom. The van der Waals surface area contributed by atoms with Gasteiger partial charge in [0, 0.05) is 6.07 Å². The van der Waals surface area contributed by atoms with Gasteiger partial charge in [-0.2, -0.15) is 0 Å². The zero-order valence-electron chi connectivity index (χ0n) is 9.66. The first-order valence-corrected chi connectivity index (χ1v) is 6.02. The van der Waals surface area contributed by atoms with Crippen molar-refractivity contribution in [3.05, 3.63) is 52.8 Å². The van der Waals surface area contributed by atoms with Crippen LogP contribution in [0.3, 0.4) is 0 Å². The first kappa shape index (κ1) is 12.2. The Morgan fingerprint density at radius 2 is 2.11 bits per heavy atom. The smallest absolute Gasteiger partial charge is 0.162 e. The quantitative estimate of drug-likeness (QED) is 0.868. The number of halogens is 3. The molecule has 2 aromatic rings. The lowest BCUT2D eigenvalue weighted by Gasteiger charge is -2.27. The fourth-order valence-corrected chi connectivity index (χ4v) is 2.19. The van der Waals surface area contributed by atoms with Crippen molar-refractivity contribution < 1.29 is 13.5 Å². The second-order valence-corrected chi connectivity index (χ2v) is 4.56. The molecule has 0 spiro atoms. The van der Waals surface area contributed by atoms with E-state index in [0.29, 0.717) is 23.7 Å². The Morgan fingerprint density at radius 1 is 1.26 bits per heavy atom. The largest absolute Gasteiger partial charge is 0.479 e. The maximum atomic E-state index is 13.2. The van der Waals surface area contributed by atoms with E-state index in [1.807, 2.05) is 0 Å². The Balaban J connectivity index is 1.92. The molecule has 1 aromatic heterocycles. The maximum Gasteiger partial charge on any atom is 0.162 e. The highest BCUT2D eigenvalue weighted by Gasteiger charge is 2.24. The van der Waals surface area contributed by atoms with Gasteiger partial charge in [-0.15, -0.1) is 0 Å². The molecule has 3 nitrogen and oxygen atoms in total. The number of ether oxygens (including phenoxy) is 1. The van der Waals surface area contributed by atoms with Crippen LogP contribution in [0.5, 0.6) is 5.75 Å². The molecule has 6 heteroatoms. The number of fused-ring (bicyclic) bond motifs is 1. The first-order chi connectivity index (χ1) is 9.13. The minimum atomic E-state index is -0.432. The summed E-state index contributed by atoms with van der Waals surface area (Å²) in [4.78, 5) is 3.96. The Hall–Kier alpha value is -1.88. The first-order valence-electron chi connectivity index (χ1n) is 5.64. The molecule has 0 saturated heterocycles. The molecule has 0 amide bonds. The third-order valence-electron chi connectivity index (χ3n) is 2.83. The normalized spacial score (nSPS) is 17.3. The van der Waals surface area contributed by atoms with E-state index in [4.69, 9.17) is 16.3 Å². The molecule has 0 bridgehead atoms. The highest BCUT2D eigenvalue weighted by atomic mass is 35.5. The fraction of sp³-hybridized carbons (Fsp3) is 0.154. The van der Waals surface area contributed by atoms with E-state index in [2.05, 4.69) is 10.3 Å². The van der Waals surface area contributed by atoms with Crippen molar-refractivity contribution >= 4 is 17.3 Å². The number of hydrogen-bond donors (Lipinski definition) is 1. The Bertz CT molecular complexity index is 619. The molecule has 98 valence electrons. The summed E-state index contributed by atoms with van der Waals surface area (Å²) in [6.07, 6.45) is 0.733. The third-order valence-corrected chi connectivity index (χ3v) is 3.11. The van der Waals surface area contributed by atoms with Crippen molar-refractivity contribution in [2.75, 3.05) is 11.9 Å². The van der Waals surface area contributed by atoms with E-state index < -0.39 is 17.7 Å². The second kappa shape index (κ2) is 4.66. The second-order valence-electron chi connectivity index (χ2n) is 4.15. The van der Waals surface area contributed by atoms with E-state index in [1.165, 1.54) is 18.2 Å². The van der Waals surface area contributed by atoms with Crippen LogP contribution in [0.2, 0.25) is 5.02 Å². The van der Waals surface area contributed by atoms with Gasteiger partial charge in [0.05, 0.1) is 29.1 Å². The van der Waals surface area contributed by atoms with Crippen LogP contribution in [-0.2, 0) is 0 Å². The SMILES string of the molecule is Fc1ccc(C2CNc3cc(F)cc(Cl)c3O2)nc1. The van der Waals surface area contributed by atoms with Crippen molar-refractivity contribution in [2.45, 2.75) is 6.10 Å². The summed E-state index contributed by atoms with van der Waals surface area (Å²) in [6.45, 7) is 0.408. The number of benzene rings is 1. The Labute approximate surface area is 113 Å². The molecule has 3 rings (SSSR count). The standard InChI is InChI=1S/C13H9ClF2N2O/c14-9-3-8(16)4-11-13(9)19-12(6-18-11)10-2-1-7(15)5-17-10/h1-5,12,18H,6H2. The highest BCUT2D eigenvalue weighted by molar-refractivity contribution is 6.32. The number of nitrogens with zero attached hydrogens (tertiary/aromatic N) is 1. The molecule has 0 radical (unpaired) electrons. The molecule has 1 atom stereocenters. The molecular formula is C13H9ClF2N2O. The fourth-order valence-electron chi connectivity index (χ4n) is 1.94. The monoisotopic (exact) mass is 282 g/mol. The zero-order chi connectivity index (χ0) is 13.4. The van der Waals surface area contributed by atoms with Crippen LogP contribution in [0.4, 0.5) is 14.5 Å². The molecule has 2 heterocycles. The topological polar surface area (TPSA) is 34.1 Å². The van der Waals surface area contributed by atoms with Crippen LogP contribution in [0.15, 0.2) is 30.5 Å². The average Bonchev–Trinajstić information content (AvgIpc) is 2.39. The number of aromatic nitrogens is 1. The van der Waals surface area contributed by atoms with Gasteiger partial charge in [0.1, 0.15) is 11.6 Å². The van der Waals surface area contributed by atoms with Gasteiger partial charge in [0.25, 0.3) is 0 Å². The minimum absolute atomic E-state index is 0.189. The van der Waals surface area contributed by atoms with Crippen molar-refractivity contribution in [1.82, 2.24) is 4.98 Å². The highest BCUT2D eigenvalue weighted by Crippen LogP contribution is 2.40. The molecule has 1 aromatic carbocycles. The van der Waals surface area contributed by atoms with Crippen molar-refractivity contribution in [1.29, 1.82) is 0 Å².